The van der Waals surface area contributed by atoms with Crippen LogP contribution in [0, 0.1) is 6.92 Å². The van der Waals surface area contributed by atoms with E-state index in [0.29, 0.717) is 17.3 Å². The molecule has 1 heterocycles. The molecule has 0 amide bonds. The minimum absolute atomic E-state index is 0.246. The molecule has 0 saturated heterocycles. The topological polar surface area (TPSA) is 53.4 Å². The number of nitrogens with zero attached hydrogens (tertiary/aromatic N) is 1. The molecule has 84 valence electrons. The van der Waals surface area contributed by atoms with Gasteiger partial charge in [0.2, 0.25) is 0 Å². The Kier molecular flexibility index (Phi) is 4.99. The Bertz CT molecular complexity index is 335. The highest BCUT2D eigenvalue weighted by atomic mass is 79.9. The van der Waals surface area contributed by atoms with Gasteiger partial charge in [-0.2, -0.15) is 0 Å². The van der Waals surface area contributed by atoms with Crippen molar-refractivity contribution in [3.8, 4) is 0 Å². The first-order valence-corrected chi connectivity index (χ1v) is 6.11. The number of hydrogen-bond donors (Lipinski definition) is 2. The Morgan fingerprint density at radius 1 is 1.47 bits per heavy atom. The zero-order valence-corrected chi connectivity index (χ0v) is 10.7. The van der Waals surface area contributed by atoms with Crippen LogP contribution in [0.25, 0.3) is 0 Å². The summed E-state index contributed by atoms with van der Waals surface area (Å²) >= 11 is 9.08. The van der Waals surface area contributed by atoms with E-state index in [9.17, 15) is 10.2 Å². The van der Waals surface area contributed by atoms with Crippen molar-refractivity contribution >= 4 is 27.5 Å². The van der Waals surface area contributed by atoms with Gasteiger partial charge in [0, 0.05) is 16.6 Å². The molecule has 2 atom stereocenters. The molecular weight excluding hydrogens is 281 g/mol. The molecule has 0 saturated carbocycles. The molecule has 2 N–H and O–H groups in total. The highest BCUT2D eigenvalue weighted by Crippen LogP contribution is 2.25. The molecule has 0 aliphatic rings. The summed E-state index contributed by atoms with van der Waals surface area (Å²) in [5, 5.41) is 20.3. The fraction of sp³-hybridized carbons (Fsp3) is 0.500. The Morgan fingerprint density at radius 3 is 2.67 bits per heavy atom. The quantitative estimate of drug-likeness (QED) is 0.661. The molecule has 0 bridgehead atoms. The van der Waals surface area contributed by atoms with Crippen molar-refractivity contribution in [1.29, 1.82) is 0 Å². The number of hydrogen-bond acceptors (Lipinski definition) is 3. The maximum absolute atomic E-state index is 9.80. The van der Waals surface area contributed by atoms with Crippen LogP contribution < -0.4 is 0 Å². The third-order valence-corrected chi connectivity index (χ3v) is 2.87. The number of pyridine rings is 1. The number of aromatic nitrogens is 1. The van der Waals surface area contributed by atoms with E-state index in [-0.39, 0.29) is 5.15 Å². The van der Waals surface area contributed by atoms with Gasteiger partial charge in [-0.25, -0.2) is 4.98 Å². The van der Waals surface area contributed by atoms with Gasteiger partial charge in [0.1, 0.15) is 11.3 Å². The van der Waals surface area contributed by atoms with E-state index >= 15 is 0 Å². The lowest BCUT2D eigenvalue weighted by atomic mass is 10.0. The van der Waals surface area contributed by atoms with E-state index in [4.69, 9.17) is 11.6 Å². The lowest BCUT2D eigenvalue weighted by molar-refractivity contribution is 0.0172. The van der Waals surface area contributed by atoms with E-state index in [2.05, 4.69) is 20.9 Å². The molecule has 15 heavy (non-hydrogen) atoms. The van der Waals surface area contributed by atoms with E-state index in [1.165, 1.54) is 0 Å². The van der Waals surface area contributed by atoms with Gasteiger partial charge in [0.25, 0.3) is 0 Å². The molecule has 0 aromatic carbocycles. The minimum atomic E-state index is -0.983. The highest BCUT2D eigenvalue weighted by Gasteiger charge is 2.20. The van der Waals surface area contributed by atoms with Crippen molar-refractivity contribution in [2.24, 2.45) is 0 Å². The summed E-state index contributed by atoms with van der Waals surface area (Å²) in [6, 6.07) is 3.44. The van der Waals surface area contributed by atoms with Crippen LogP contribution in [0.1, 0.15) is 23.8 Å². The summed E-state index contributed by atoms with van der Waals surface area (Å²) < 4.78 is 0. The third-order valence-electron chi connectivity index (χ3n) is 2.10. The fourth-order valence-corrected chi connectivity index (χ4v) is 2.01. The van der Waals surface area contributed by atoms with E-state index in [1.54, 1.807) is 12.1 Å². The number of aliphatic hydroxyl groups is 2. The largest absolute Gasteiger partial charge is 0.390 e. The van der Waals surface area contributed by atoms with Crippen molar-refractivity contribution in [3.05, 3.63) is 28.5 Å². The van der Waals surface area contributed by atoms with Crippen LogP contribution in [-0.2, 0) is 0 Å². The molecule has 0 aliphatic heterocycles. The van der Waals surface area contributed by atoms with Gasteiger partial charge < -0.3 is 10.2 Å². The van der Waals surface area contributed by atoms with Crippen LogP contribution in [0.15, 0.2) is 12.1 Å². The number of aliphatic hydroxyl groups excluding tert-OH is 2. The van der Waals surface area contributed by atoms with Crippen molar-refractivity contribution in [3.63, 3.8) is 0 Å². The Morgan fingerprint density at radius 2 is 2.13 bits per heavy atom. The number of aryl methyl sites for hydroxylation is 1. The number of rotatable bonds is 4. The van der Waals surface area contributed by atoms with Crippen LogP contribution in [0.2, 0.25) is 5.15 Å². The van der Waals surface area contributed by atoms with Crippen molar-refractivity contribution < 1.29 is 10.2 Å². The summed E-state index contributed by atoms with van der Waals surface area (Å²) in [5.74, 6) is 0. The maximum atomic E-state index is 9.80. The Balaban J connectivity index is 2.86. The molecule has 2 unspecified atom stereocenters. The summed E-state index contributed by atoms with van der Waals surface area (Å²) in [6.45, 7) is 1.82. The lowest BCUT2D eigenvalue weighted by Gasteiger charge is -2.17. The standard InChI is InChI=1S/C10H13BrClNO2/c1-6-2-3-7(10(12)13-6)9(15)8(14)4-5-11/h2-3,8-9,14-15H,4-5H2,1H3. The first kappa shape index (κ1) is 12.9. The second kappa shape index (κ2) is 5.80. The molecule has 1 rings (SSSR count). The number of alkyl halides is 1. The molecular formula is C10H13BrClNO2. The lowest BCUT2D eigenvalue weighted by Crippen LogP contribution is -2.19. The van der Waals surface area contributed by atoms with Gasteiger partial charge in [0.05, 0.1) is 6.10 Å². The normalized spacial score (nSPS) is 15.0. The summed E-state index contributed by atoms with van der Waals surface area (Å²) in [5.41, 5.74) is 1.25. The van der Waals surface area contributed by atoms with Gasteiger partial charge >= 0.3 is 0 Å². The van der Waals surface area contributed by atoms with Gasteiger partial charge in [-0.3, -0.25) is 0 Å². The monoisotopic (exact) mass is 293 g/mol. The number of halogens is 2. The van der Waals surface area contributed by atoms with E-state index < -0.39 is 12.2 Å². The van der Waals surface area contributed by atoms with Crippen molar-refractivity contribution in [2.45, 2.75) is 25.6 Å². The third kappa shape index (κ3) is 3.41. The molecule has 1 aromatic heterocycles. The van der Waals surface area contributed by atoms with Crippen LogP contribution >= 0.6 is 27.5 Å². The van der Waals surface area contributed by atoms with Gasteiger partial charge in [-0.15, -0.1) is 0 Å². The molecule has 0 spiro atoms. The molecule has 3 nitrogen and oxygen atoms in total. The van der Waals surface area contributed by atoms with Crippen LogP contribution in [0.3, 0.4) is 0 Å². The molecule has 5 heteroatoms. The average Bonchev–Trinajstić information content (AvgIpc) is 2.17. The highest BCUT2D eigenvalue weighted by molar-refractivity contribution is 9.09. The van der Waals surface area contributed by atoms with E-state index in [1.807, 2.05) is 6.92 Å². The predicted octanol–water partition coefficient (Wildman–Crippen LogP) is 2.22. The molecule has 0 radical (unpaired) electrons. The first-order valence-electron chi connectivity index (χ1n) is 4.61. The second-order valence-electron chi connectivity index (χ2n) is 3.32. The first-order chi connectivity index (χ1) is 7.06. The zero-order valence-electron chi connectivity index (χ0n) is 8.32. The summed E-state index contributed by atoms with van der Waals surface area (Å²) in [6.07, 6.45) is -1.35. The smallest absolute Gasteiger partial charge is 0.135 e. The summed E-state index contributed by atoms with van der Waals surface area (Å²) in [4.78, 5) is 4.02. The Labute approximate surface area is 102 Å². The SMILES string of the molecule is Cc1ccc(C(O)C(O)CCBr)c(Cl)n1. The zero-order chi connectivity index (χ0) is 11.4. The van der Waals surface area contributed by atoms with Crippen LogP contribution in [-0.4, -0.2) is 26.6 Å². The molecule has 0 aliphatic carbocycles. The van der Waals surface area contributed by atoms with Gasteiger partial charge in [0.15, 0.2) is 0 Å². The predicted molar refractivity (Wildman–Crippen MR) is 63.4 cm³/mol. The Hall–Kier alpha value is -0.160. The second-order valence-corrected chi connectivity index (χ2v) is 4.47. The molecule has 0 fully saturated rings. The molecule has 1 aromatic rings. The summed E-state index contributed by atoms with van der Waals surface area (Å²) in [7, 11) is 0. The van der Waals surface area contributed by atoms with E-state index in [0.717, 1.165) is 5.69 Å². The van der Waals surface area contributed by atoms with Gasteiger partial charge in [-0.1, -0.05) is 33.6 Å². The van der Waals surface area contributed by atoms with Crippen LogP contribution in [0.4, 0.5) is 0 Å². The van der Waals surface area contributed by atoms with Gasteiger partial charge in [-0.05, 0) is 19.4 Å². The fourth-order valence-electron chi connectivity index (χ4n) is 1.23. The van der Waals surface area contributed by atoms with Crippen molar-refractivity contribution in [1.82, 2.24) is 4.98 Å². The minimum Gasteiger partial charge on any atom is -0.390 e. The van der Waals surface area contributed by atoms with Crippen LogP contribution in [0.5, 0.6) is 0 Å². The maximum Gasteiger partial charge on any atom is 0.135 e. The average molecular weight is 295 g/mol. The van der Waals surface area contributed by atoms with Crippen molar-refractivity contribution in [2.75, 3.05) is 5.33 Å².